The van der Waals surface area contributed by atoms with E-state index >= 15 is 0 Å². The molecule has 1 N–H and O–H groups in total. The predicted molar refractivity (Wildman–Crippen MR) is 95.0 cm³/mol. The Morgan fingerprint density at radius 3 is 2.62 bits per heavy atom. The molecule has 0 radical (unpaired) electrons. The first-order chi connectivity index (χ1) is 12.7. The molecule has 0 atom stereocenters. The SMILES string of the molecule is N#CC1(C(=O)NCc2cccc(COC3CCOCC3)c2)CCOCC1. The van der Waals surface area contributed by atoms with Gasteiger partial charge in [-0.3, -0.25) is 4.79 Å². The van der Waals surface area contributed by atoms with Crippen LogP contribution in [0.2, 0.25) is 0 Å². The van der Waals surface area contributed by atoms with Gasteiger partial charge in [0.15, 0.2) is 0 Å². The summed E-state index contributed by atoms with van der Waals surface area (Å²) in [4.78, 5) is 12.5. The number of amides is 1. The molecule has 0 bridgehead atoms. The van der Waals surface area contributed by atoms with Crippen LogP contribution in [0, 0.1) is 16.7 Å². The highest BCUT2D eigenvalue weighted by atomic mass is 16.5. The number of hydrogen-bond donors (Lipinski definition) is 1. The van der Waals surface area contributed by atoms with Gasteiger partial charge in [-0.05, 0) is 36.8 Å². The fourth-order valence-electron chi connectivity index (χ4n) is 3.35. The summed E-state index contributed by atoms with van der Waals surface area (Å²) in [7, 11) is 0. The zero-order valence-corrected chi connectivity index (χ0v) is 15.0. The third-order valence-corrected chi connectivity index (χ3v) is 5.09. The molecule has 1 aromatic carbocycles. The van der Waals surface area contributed by atoms with Gasteiger partial charge < -0.3 is 19.5 Å². The van der Waals surface area contributed by atoms with Crippen LogP contribution >= 0.6 is 0 Å². The first-order valence-corrected chi connectivity index (χ1v) is 9.26. The Hall–Kier alpha value is -1.94. The Bertz CT molecular complexity index is 643. The summed E-state index contributed by atoms with van der Waals surface area (Å²) < 4.78 is 16.6. The van der Waals surface area contributed by atoms with Gasteiger partial charge in [0.05, 0.1) is 18.8 Å². The molecule has 0 spiro atoms. The summed E-state index contributed by atoms with van der Waals surface area (Å²) in [5.74, 6) is -0.202. The number of carbonyl (C=O) groups is 1. The average molecular weight is 358 g/mol. The van der Waals surface area contributed by atoms with Gasteiger partial charge in [-0.15, -0.1) is 0 Å². The van der Waals surface area contributed by atoms with E-state index in [1.54, 1.807) is 0 Å². The number of rotatable bonds is 6. The maximum absolute atomic E-state index is 12.5. The van der Waals surface area contributed by atoms with Crippen LogP contribution in [0.3, 0.4) is 0 Å². The Kier molecular flexibility index (Phi) is 6.62. The first kappa shape index (κ1) is 18.8. The highest BCUT2D eigenvalue weighted by Crippen LogP contribution is 2.30. The van der Waals surface area contributed by atoms with Crippen LogP contribution in [0.4, 0.5) is 0 Å². The van der Waals surface area contributed by atoms with E-state index in [0.29, 0.717) is 39.2 Å². The fraction of sp³-hybridized carbons (Fsp3) is 0.600. The highest BCUT2D eigenvalue weighted by molar-refractivity contribution is 5.85. The molecular formula is C20H26N2O4. The Morgan fingerprint density at radius 1 is 1.19 bits per heavy atom. The van der Waals surface area contributed by atoms with Gasteiger partial charge in [0.1, 0.15) is 5.41 Å². The van der Waals surface area contributed by atoms with Crippen molar-refractivity contribution < 1.29 is 19.0 Å². The minimum atomic E-state index is -0.956. The van der Waals surface area contributed by atoms with Crippen molar-refractivity contribution in [1.29, 1.82) is 5.26 Å². The second-order valence-electron chi connectivity index (χ2n) is 6.93. The monoisotopic (exact) mass is 358 g/mol. The number of ether oxygens (including phenoxy) is 3. The van der Waals surface area contributed by atoms with E-state index in [-0.39, 0.29) is 12.0 Å². The zero-order valence-electron chi connectivity index (χ0n) is 15.0. The minimum absolute atomic E-state index is 0.202. The lowest BCUT2D eigenvalue weighted by Crippen LogP contribution is -2.43. The summed E-state index contributed by atoms with van der Waals surface area (Å²) in [5.41, 5.74) is 1.14. The predicted octanol–water partition coefficient (Wildman–Crippen LogP) is 2.32. The third-order valence-electron chi connectivity index (χ3n) is 5.09. The van der Waals surface area contributed by atoms with Gasteiger partial charge in [0.25, 0.3) is 0 Å². The summed E-state index contributed by atoms with van der Waals surface area (Å²) in [6.07, 6.45) is 3.05. The molecule has 2 fully saturated rings. The third kappa shape index (κ3) is 4.82. The summed E-state index contributed by atoms with van der Waals surface area (Å²) in [5, 5.41) is 12.4. The summed E-state index contributed by atoms with van der Waals surface area (Å²) in [6, 6.07) is 10.2. The van der Waals surface area contributed by atoms with Crippen molar-refractivity contribution in [3.63, 3.8) is 0 Å². The van der Waals surface area contributed by atoms with Crippen LogP contribution < -0.4 is 5.32 Å². The number of nitriles is 1. The summed E-state index contributed by atoms with van der Waals surface area (Å²) in [6.45, 7) is 3.42. The number of nitrogens with zero attached hydrogens (tertiary/aromatic N) is 1. The van der Waals surface area contributed by atoms with Crippen molar-refractivity contribution in [3.05, 3.63) is 35.4 Å². The van der Waals surface area contributed by atoms with E-state index in [1.807, 2.05) is 24.3 Å². The molecular weight excluding hydrogens is 332 g/mol. The van der Waals surface area contributed by atoms with Crippen LogP contribution in [0.5, 0.6) is 0 Å². The van der Waals surface area contributed by atoms with E-state index in [4.69, 9.17) is 14.2 Å². The number of nitrogens with one attached hydrogen (secondary N) is 1. The summed E-state index contributed by atoms with van der Waals surface area (Å²) >= 11 is 0. The lowest BCUT2D eigenvalue weighted by atomic mass is 9.81. The maximum atomic E-state index is 12.5. The van der Waals surface area contributed by atoms with Crippen molar-refractivity contribution in [1.82, 2.24) is 5.32 Å². The molecule has 140 valence electrons. The van der Waals surface area contributed by atoms with E-state index in [2.05, 4.69) is 11.4 Å². The zero-order chi connectivity index (χ0) is 18.2. The van der Waals surface area contributed by atoms with Gasteiger partial charge >= 0.3 is 0 Å². The lowest BCUT2D eigenvalue weighted by molar-refractivity contribution is -0.132. The molecule has 6 heteroatoms. The van der Waals surface area contributed by atoms with Crippen molar-refractivity contribution in [2.45, 2.75) is 44.9 Å². The lowest BCUT2D eigenvalue weighted by Gasteiger charge is -2.29. The van der Waals surface area contributed by atoms with Crippen LogP contribution in [0.25, 0.3) is 0 Å². The molecule has 1 aromatic rings. The normalized spacial score (nSPS) is 20.3. The molecule has 0 unspecified atom stereocenters. The minimum Gasteiger partial charge on any atom is -0.381 e. The first-order valence-electron chi connectivity index (χ1n) is 9.26. The molecule has 6 nitrogen and oxygen atoms in total. The molecule has 0 saturated carbocycles. The quantitative estimate of drug-likeness (QED) is 0.844. The molecule has 0 aliphatic carbocycles. The molecule has 2 heterocycles. The number of carbonyl (C=O) groups excluding carboxylic acids is 1. The smallest absolute Gasteiger partial charge is 0.240 e. The standard InChI is InChI=1S/C20H26N2O4/c21-15-20(6-10-25-11-7-20)19(23)22-13-16-2-1-3-17(12-16)14-26-18-4-8-24-9-5-18/h1-3,12,18H,4-11,13-14H2,(H,22,23). The molecule has 0 aromatic heterocycles. The molecule has 2 aliphatic heterocycles. The largest absolute Gasteiger partial charge is 0.381 e. The van der Waals surface area contributed by atoms with Gasteiger partial charge in [0.2, 0.25) is 5.91 Å². The topological polar surface area (TPSA) is 80.6 Å². The van der Waals surface area contributed by atoms with Gasteiger partial charge in [0, 0.05) is 33.0 Å². The van der Waals surface area contributed by atoms with Gasteiger partial charge in [-0.2, -0.15) is 5.26 Å². The van der Waals surface area contributed by atoms with E-state index in [1.165, 1.54) is 0 Å². The van der Waals surface area contributed by atoms with Crippen LogP contribution in [0.15, 0.2) is 24.3 Å². The molecule has 2 aliphatic rings. The maximum Gasteiger partial charge on any atom is 0.240 e. The number of hydrogen-bond acceptors (Lipinski definition) is 5. The Labute approximate surface area is 154 Å². The average Bonchev–Trinajstić information content (AvgIpc) is 2.72. The van der Waals surface area contributed by atoms with E-state index in [9.17, 15) is 10.1 Å². The molecule has 3 rings (SSSR count). The second-order valence-corrected chi connectivity index (χ2v) is 6.93. The number of benzene rings is 1. The van der Waals surface area contributed by atoms with E-state index in [0.717, 1.165) is 37.2 Å². The van der Waals surface area contributed by atoms with Gasteiger partial charge in [-0.25, -0.2) is 0 Å². The Morgan fingerprint density at radius 2 is 1.88 bits per heavy atom. The van der Waals surface area contributed by atoms with E-state index < -0.39 is 5.41 Å². The Balaban J connectivity index is 1.51. The molecule has 26 heavy (non-hydrogen) atoms. The van der Waals surface area contributed by atoms with Crippen LogP contribution in [-0.2, 0) is 32.2 Å². The van der Waals surface area contributed by atoms with Crippen molar-refractivity contribution in [2.24, 2.45) is 5.41 Å². The van der Waals surface area contributed by atoms with Crippen molar-refractivity contribution >= 4 is 5.91 Å². The van der Waals surface area contributed by atoms with Gasteiger partial charge in [-0.1, -0.05) is 24.3 Å². The van der Waals surface area contributed by atoms with Crippen molar-refractivity contribution in [3.8, 4) is 6.07 Å². The molecule has 2 saturated heterocycles. The van der Waals surface area contributed by atoms with Crippen LogP contribution in [0.1, 0.15) is 36.8 Å². The highest BCUT2D eigenvalue weighted by Gasteiger charge is 2.40. The second kappa shape index (κ2) is 9.13. The van der Waals surface area contributed by atoms with Crippen LogP contribution in [-0.4, -0.2) is 38.4 Å². The molecule has 1 amide bonds. The van der Waals surface area contributed by atoms with Crippen molar-refractivity contribution in [2.75, 3.05) is 26.4 Å². The fourth-order valence-corrected chi connectivity index (χ4v) is 3.35.